The summed E-state index contributed by atoms with van der Waals surface area (Å²) in [6.45, 7) is 2.84. The monoisotopic (exact) mass is 390 g/mol. The van der Waals surface area contributed by atoms with E-state index in [0.717, 1.165) is 12.0 Å². The lowest BCUT2D eigenvalue weighted by atomic mass is 9.79. The van der Waals surface area contributed by atoms with Crippen LogP contribution in [0.15, 0.2) is 42.5 Å². The van der Waals surface area contributed by atoms with E-state index in [1.807, 2.05) is 43.3 Å². The van der Waals surface area contributed by atoms with Gasteiger partial charge in [-0.15, -0.1) is 6.42 Å². The quantitative estimate of drug-likeness (QED) is 0.798. The summed E-state index contributed by atoms with van der Waals surface area (Å²) in [5.74, 6) is 2.86. The predicted molar refractivity (Wildman–Crippen MR) is 108 cm³/mol. The summed E-state index contributed by atoms with van der Waals surface area (Å²) >= 11 is 0. The van der Waals surface area contributed by atoms with Crippen molar-refractivity contribution in [2.75, 3.05) is 19.9 Å². The Kier molecular flexibility index (Phi) is 5.13. The van der Waals surface area contributed by atoms with Gasteiger partial charge < -0.3 is 19.7 Å². The summed E-state index contributed by atoms with van der Waals surface area (Å²) in [6.07, 6.45) is 6.12. The molecule has 2 aromatic carbocycles. The Bertz CT molecular complexity index is 995. The molecule has 2 aliphatic heterocycles. The van der Waals surface area contributed by atoms with E-state index in [2.05, 4.69) is 11.2 Å². The van der Waals surface area contributed by atoms with Gasteiger partial charge in [-0.1, -0.05) is 37.1 Å². The molecule has 0 saturated carbocycles. The van der Waals surface area contributed by atoms with Crippen LogP contribution >= 0.6 is 0 Å². The highest BCUT2D eigenvalue weighted by molar-refractivity contribution is 6.01. The van der Waals surface area contributed by atoms with Crippen LogP contribution in [0.25, 0.3) is 0 Å². The van der Waals surface area contributed by atoms with Gasteiger partial charge in [0.2, 0.25) is 12.7 Å². The second-order valence-corrected chi connectivity index (χ2v) is 7.04. The normalized spacial score (nSPS) is 19.4. The lowest BCUT2D eigenvalue weighted by Gasteiger charge is -2.41. The van der Waals surface area contributed by atoms with E-state index >= 15 is 0 Å². The highest BCUT2D eigenvalue weighted by Gasteiger charge is 2.44. The highest BCUT2D eigenvalue weighted by Crippen LogP contribution is 2.45. The van der Waals surface area contributed by atoms with Crippen LogP contribution in [0, 0.1) is 12.3 Å². The maximum atomic E-state index is 13.3. The Morgan fingerprint density at radius 2 is 2.03 bits per heavy atom. The van der Waals surface area contributed by atoms with Gasteiger partial charge in [-0.2, -0.15) is 0 Å². The summed E-state index contributed by atoms with van der Waals surface area (Å²) < 4.78 is 10.9. The van der Waals surface area contributed by atoms with Crippen molar-refractivity contribution in [3.63, 3.8) is 0 Å². The predicted octanol–water partition coefficient (Wildman–Crippen LogP) is 2.86. The molecule has 2 aliphatic rings. The summed E-state index contributed by atoms with van der Waals surface area (Å²) in [5, 5.41) is 2.80. The molecular formula is C23H22N2O4. The smallest absolute Gasteiger partial charge is 0.254 e. The van der Waals surface area contributed by atoms with Gasteiger partial charge in [-0.25, -0.2) is 0 Å². The fraction of sp³-hybridized carbons (Fsp3) is 0.304. The topological polar surface area (TPSA) is 67.9 Å². The molecular weight excluding hydrogens is 368 g/mol. The van der Waals surface area contributed by atoms with Crippen molar-refractivity contribution in [1.82, 2.24) is 10.2 Å². The van der Waals surface area contributed by atoms with Gasteiger partial charge in [0.1, 0.15) is 0 Å². The minimum absolute atomic E-state index is 0.0777. The van der Waals surface area contributed by atoms with E-state index in [1.54, 1.807) is 11.0 Å². The first-order chi connectivity index (χ1) is 14.2. The number of nitrogens with zero attached hydrogens (tertiary/aromatic N) is 1. The number of terminal acetylenes is 1. The SMILES string of the molecule is C#CCNC(=O)[C@H]1c2ccccc2C(=O)N(CCC)[C@H]1c1ccc2c(c1)OCO2. The van der Waals surface area contributed by atoms with Crippen molar-refractivity contribution in [1.29, 1.82) is 0 Å². The van der Waals surface area contributed by atoms with Gasteiger partial charge in [-0.3, -0.25) is 9.59 Å². The van der Waals surface area contributed by atoms with Gasteiger partial charge in [0.25, 0.3) is 5.91 Å². The van der Waals surface area contributed by atoms with Crippen molar-refractivity contribution in [2.45, 2.75) is 25.3 Å². The standard InChI is InChI=1S/C23H22N2O4/c1-3-11-24-22(26)20-16-7-5-6-8-17(16)23(27)25(12-4-2)21(20)15-9-10-18-19(13-15)29-14-28-18/h1,5-10,13,20-21H,4,11-12,14H2,2H3,(H,24,26)/t20-,21-/m0/s1. The third kappa shape index (κ3) is 3.29. The summed E-state index contributed by atoms with van der Waals surface area (Å²) in [4.78, 5) is 28.3. The van der Waals surface area contributed by atoms with Gasteiger partial charge in [0, 0.05) is 12.1 Å². The first kappa shape index (κ1) is 18.9. The summed E-state index contributed by atoms with van der Waals surface area (Å²) in [5.41, 5.74) is 2.09. The van der Waals surface area contributed by atoms with E-state index < -0.39 is 12.0 Å². The maximum absolute atomic E-state index is 13.3. The molecule has 0 unspecified atom stereocenters. The Morgan fingerprint density at radius 1 is 1.24 bits per heavy atom. The van der Waals surface area contributed by atoms with Gasteiger partial charge in [0.05, 0.1) is 18.5 Å². The Hall–Kier alpha value is -3.46. The zero-order valence-corrected chi connectivity index (χ0v) is 16.2. The molecule has 2 heterocycles. The van der Waals surface area contributed by atoms with Gasteiger partial charge in [0.15, 0.2) is 11.5 Å². The molecule has 1 N–H and O–H groups in total. The molecule has 4 rings (SSSR count). The van der Waals surface area contributed by atoms with Crippen LogP contribution in [0.2, 0.25) is 0 Å². The molecule has 0 radical (unpaired) electrons. The summed E-state index contributed by atoms with van der Waals surface area (Å²) in [6, 6.07) is 12.4. The first-order valence-corrected chi connectivity index (χ1v) is 9.66. The third-order valence-electron chi connectivity index (χ3n) is 5.29. The number of carbonyl (C=O) groups is 2. The molecule has 0 bridgehead atoms. The average Bonchev–Trinajstić information content (AvgIpc) is 3.21. The minimum Gasteiger partial charge on any atom is -0.454 e. The maximum Gasteiger partial charge on any atom is 0.254 e. The van der Waals surface area contributed by atoms with Crippen molar-refractivity contribution < 1.29 is 19.1 Å². The molecule has 2 aromatic rings. The number of carbonyl (C=O) groups excluding carboxylic acids is 2. The third-order valence-corrected chi connectivity index (χ3v) is 5.29. The lowest BCUT2D eigenvalue weighted by molar-refractivity contribution is -0.124. The number of benzene rings is 2. The minimum atomic E-state index is -0.579. The van der Waals surface area contributed by atoms with Crippen LogP contribution in [0.1, 0.15) is 46.8 Å². The number of hydrogen-bond donors (Lipinski definition) is 1. The van der Waals surface area contributed by atoms with Crippen molar-refractivity contribution in [3.8, 4) is 23.8 Å². The molecule has 29 heavy (non-hydrogen) atoms. The van der Waals surface area contributed by atoms with E-state index in [0.29, 0.717) is 29.2 Å². The van der Waals surface area contributed by atoms with E-state index in [4.69, 9.17) is 15.9 Å². The van der Waals surface area contributed by atoms with Crippen LogP contribution in [-0.4, -0.2) is 36.6 Å². The van der Waals surface area contributed by atoms with Crippen LogP contribution in [0.4, 0.5) is 0 Å². The van der Waals surface area contributed by atoms with Crippen LogP contribution in [-0.2, 0) is 4.79 Å². The van der Waals surface area contributed by atoms with Crippen molar-refractivity contribution in [2.24, 2.45) is 0 Å². The zero-order valence-electron chi connectivity index (χ0n) is 16.2. The molecule has 0 saturated heterocycles. The summed E-state index contributed by atoms with van der Waals surface area (Å²) in [7, 11) is 0. The number of fused-ring (bicyclic) bond motifs is 2. The van der Waals surface area contributed by atoms with Crippen LogP contribution in [0.3, 0.4) is 0 Å². The van der Waals surface area contributed by atoms with Crippen LogP contribution < -0.4 is 14.8 Å². The van der Waals surface area contributed by atoms with Gasteiger partial charge in [-0.05, 0) is 35.7 Å². The van der Waals surface area contributed by atoms with E-state index in [9.17, 15) is 9.59 Å². The average molecular weight is 390 g/mol. The molecule has 0 spiro atoms. The zero-order chi connectivity index (χ0) is 20.4. The second-order valence-electron chi connectivity index (χ2n) is 7.04. The Balaban J connectivity index is 1.86. The fourth-order valence-corrected chi connectivity index (χ4v) is 4.08. The molecule has 0 fully saturated rings. The molecule has 6 heteroatoms. The number of ether oxygens (including phenoxy) is 2. The van der Waals surface area contributed by atoms with Crippen LogP contribution in [0.5, 0.6) is 11.5 Å². The first-order valence-electron chi connectivity index (χ1n) is 9.66. The van der Waals surface area contributed by atoms with Gasteiger partial charge >= 0.3 is 0 Å². The Labute approximate surface area is 169 Å². The molecule has 6 nitrogen and oxygen atoms in total. The largest absolute Gasteiger partial charge is 0.454 e. The number of amides is 2. The van der Waals surface area contributed by atoms with Crippen molar-refractivity contribution in [3.05, 3.63) is 59.2 Å². The van der Waals surface area contributed by atoms with E-state index in [1.165, 1.54) is 0 Å². The number of rotatable bonds is 5. The highest BCUT2D eigenvalue weighted by atomic mass is 16.7. The fourth-order valence-electron chi connectivity index (χ4n) is 4.08. The Morgan fingerprint density at radius 3 is 2.83 bits per heavy atom. The van der Waals surface area contributed by atoms with E-state index in [-0.39, 0.29) is 25.2 Å². The lowest BCUT2D eigenvalue weighted by Crippen LogP contribution is -2.47. The number of nitrogens with one attached hydrogen (secondary N) is 1. The van der Waals surface area contributed by atoms with Crippen molar-refractivity contribution >= 4 is 11.8 Å². The second kappa shape index (κ2) is 7.88. The molecule has 0 aliphatic carbocycles. The molecule has 0 aromatic heterocycles. The molecule has 148 valence electrons. The molecule has 2 atom stereocenters. The molecule has 2 amide bonds. The number of hydrogen-bond acceptors (Lipinski definition) is 4.